The van der Waals surface area contributed by atoms with E-state index in [0.717, 1.165) is 0 Å². The summed E-state index contributed by atoms with van der Waals surface area (Å²) in [5.41, 5.74) is 0. The molecule has 0 N–H and O–H groups in total. The second-order valence-corrected chi connectivity index (χ2v) is 9.53. The molecule has 0 saturated carbocycles. The molecule has 0 aromatic heterocycles. The van der Waals surface area contributed by atoms with Gasteiger partial charge in [-0.3, -0.25) is 4.25 Å². The van der Waals surface area contributed by atoms with Crippen molar-refractivity contribution in [1.82, 2.24) is 0 Å². The summed E-state index contributed by atoms with van der Waals surface area (Å²) >= 11 is 0. The first-order valence-electron chi connectivity index (χ1n) is 5.32. The van der Waals surface area contributed by atoms with E-state index in [4.69, 9.17) is 0 Å². The van der Waals surface area contributed by atoms with Crippen molar-refractivity contribution in [3.8, 4) is 0 Å². The minimum absolute atomic E-state index is 0.0876. The summed E-state index contributed by atoms with van der Waals surface area (Å²) in [6.45, 7) is 4.92. The Kier molecular flexibility index (Phi) is 4.55. The Labute approximate surface area is 103 Å². The van der Waals surface area contributed by atoms with Crippen molar-refractivity contribution in [2.75, 3.05) is 19.6 Å². The lowest BCUT2D eigenvalue weighted by Crippen LogP contribution is -2.42. The minimum Gasteiger partial charge on any atom is -0.255 e. The molecule has 1 unspecified atom stereocenters. The van der Waals surface area contributed by atoms with E-state index in [0.29, 0.717) is 0 Å². The minimum atomic E-state index is -5.60. The quantitative estimate of drug-likeness (QED) is 0.413. The molecule has 1 atom stereocenters. The molecule has 0 aromatic rings. The van der Waals surface area contributed by atoms with Crippen LogP contribution in [-0.2, 0) is 0 Å². The number of hydrogen-bond donors (Lipinski definition) is 0. The summed E-state index contributed by atoms with van der Waals surface area (Å²) in [7, 11) is -15.9. The number of hydrogen-bond acceptors (Lipinski definition) is 3. The molecular formula is C6H15F5N4P3+. The van der Waals surface area contributed by atoms with Crippen molar-refractivity contribution in [2.24, 2.45) is 13.5 Å². The van der Waals surface area contributed by atoms with Crippen LogP contribution in [0, 0.1) is 0 Å². The van der Waals surface area contributed by atoms with E-state index in [2.05, 4.69) is 13.5 Å². The smallest absolute Gasteiger partial charge is 0.255 e. The molecule has 108 valence electrons. The van der Waals surface area contributed by atoms with Crippen LogP contribution in [0.25, 0.3) is 0 Å². The van der Waals surface area contributed by atoms with Crippen LogP contribution in [0.1, 0.15) is 20.8 Å². The van der Waals surface area contributed by atoms with Crippen LogP contribution in [-0.4, -0.2) is 23.9 Å². The zero-order valence-corrected chi connectivity index (χ0v) is 12.8. The first kappa shape index (κ1) is 16.4. The number of halogens is 5. The highest BCUT2D eigenvalue weighted by atomic mass is 31.3. The summed E-state index contributed by atoms with van der Waals surface area (Å²) in [5.74, 6) is 0. The standard InChI is InChI=1S/C6H15F5N4P3/c1-4-15(5-2,6-3)18(11)13-16(7,8)12-17(9,10)14-18/h4-6H2,1-3H3/q+1. The van der Waals surface area contributed by atoms with Crippen molar-refractivity contribution in [3.05, 3.63) is 0 Å². The van der Waals surface area contributed by atoms with Gasteiger partial charge in [-0.15, -0.1) is 34.5 Å². The average molecular weight is 331 g/mol. The third kappa shape index (κ3) is 2.90. The Morgan fingerprint density at radius 1 is 0.722 bits per heavy atom. The van der Waals surface area contributed by atoms with Crippen LogP contribution in [0.3, 0.4) is 0 Å². The summed E-state index contributed by atoms with van der Waals surface area (Å²) < 4.78 is 74.3. The molecule has 1 heterocycles. The van der Waals surface area contributed by atoms with Crippen molar-refractivity contribution < 1.29 is 25.2 Å². The van der Waals surface area contributed by atoms with E-state index in [1.807, 2.05) is 0 Å². The van der Waals surface area contributed by atoms with Gasteiger partial charge in [0, 0.05) is 0 Å². The molecule has 4 nitrogen and oxygen atoms in total. The van der Waals surface area contributed by atoms with E-state index in [-0.39, 0.29) is 19.6 Å². The summed E-state index contributed by atoms with van der Waals surface area (Å²) in [5, 5.41) is 0. The second-order valence-electron chi connectivity index (χ2n) is 3.72. The third-order valence-electron chi connectivity index (χ3n) is 2.96. The topological polar surface area (TPSA) is 37.1 Å². The van der Waals surface area contributed by atoms with E-state index in [9.17, 15) is 21.0 Å². The molecule has 1 rings (SSSR count). The average Bonchev–Trinajstić information content (AvgIpc) is 2.14. The van der Waals surface area contributed by atoms with Gasteiger partial charge in [0.2, 0.25) is 0 Å². The molecule has 0 saturated heterocycles. The van der Waals surface area contributed by atoms with Crippen LogP contribution in [0.2, 0.25) is 0 Å². The van der Waals surface area contributed by atoms with Gasteiger partial charge in [-0.25, -0.2) is 0 Å². The van der Waals surface area contributed by atoms with E-state index in [1.54, 1.807) is 20.8 Å². The van der Waals surface area contributed by atoms with E-state index >= 15 is 0 Å². The first-order valence-corrected chi connectivity index (χ1v) is 9.81. The molecule has 12 heteroatoms. The third-order valence-corrected chi connectivity index (χ3v) is 10.2. The molecule has 1 aliphatic rings. The fraction of sp³-hybridized carbons (Fsp3) is 1.00. The Hall–Kier alpha value is 0.300. The van der Waals surface area contributed by atoms with E-state index < -0.39 is 27.6 Å². The summed E-state index contributed by atoms with van der Waals surface area (Å²) in [4.78, 5) is 0. The highest BCUT2D eigenvalue weighted by Crippen LogP contribution is 2.83. The largest absolute Gasteiger partial charge is 0.445 e. The zero-order valence-electron chi connectivity index (χ0n) is 10.1. The lowest BCUT2D eigenvalue weighted by atomic mass is 10.5. The molecule has 0 bridgehead atoms. The SMILES string of the molecule is CC[N+](CC)(CC)P1(F)=NP(F)(F)=NP(F)(F)=N1. The molecular weight excluding hydrogens is 316 g/mol. The normalized spacial score (nSPS) is 30.0. The molecule has 0 aromatic carbocycles. The van der Waals surface area contributed by atoms with Crippen LogP contribution in [0.5, 0.6) is 0 Å². The molecule has 0 fully saturated rings. The molecule has 1 aliphatic heterocycles. The molecule has 18 heavy (non-hydrogen) atoms. The van der Waals surface area contributed by atoms with Gasteiger partial charge in [0.1, 0.15) is 0 Å². The van der Waals surface area contributed by atoms with Gasteiger partial charge < -0.3 is 0 Å². The summed E-state index contributed by atoms with van der Waals surface area (Å²) in [6, 6.07) is 0. The zero-order chi connectivity index (χ0) is 14.2. The second kappa shape index (κ2) is 5.01. The Bertz CT molecular complexity index is 472. The number of nitrogens with zero attached hydrogens (tertiary/aromatic N) is 4. The molecule has 0 spiro atoms. The van der Waals surface area contributed by atoms with Crippen LogP contribution < -0.4 is 0 Å². The van der Waals surface area contributed by atoms with Crippen molar-refractivity contribution in [3.63, 3.8) is 0 Å². The molecule has 0 aliphatic carbocycles. The Morgan fingerprint density at radius 3 is 1.44 bits per heavy atom. The highest BCUT2D eigenvalue weighted by molar-refractivity contribution is 7.77. The maximum absolute atomic E-state index is 14.7. The lowest BCUT2D eigenvalue weighted by molar-refractivity contribution is -0.808. The van der Waals surface area contributed by atoms with Crippen molar-refractivity contribution >= 4 is 23.3 Å². The predicted molar refractivity (Wildman–Crippen MR) is 65.5 cm³/mol. The highest BCUT2D eigenvalue weighted by Gasteiger charge is 2.51. The van der Waals surface area contributed by atoms with E-state index in [1.165, 1.54) is 0 Å². The Morgan fingerprint density at radius 2 is 1.11 bits per heavy atom. The fourth-order valence-corrected chi connectivity index (χ4v) is 8.90. The van der Waals surface area contributed by atoms with Gasteiger partial charge in [0.25, 0.3) is 0 Å². The predicted octanol–water partition coefficient (Wildman–Crippen LogP) is 6.56. The maximum Gasteiger partial charge on any atom is 0.445 e. The fourth-order valence-electron chi connectivity index (χ4n) is 1.84. The van der Waals surface area contributed by atoms with Gasteiger partial charge in [0.05, 0.1) is 19.6 Å². The maximum atomic E-state index is 14.7. The van der Waals surface area contributed by atoms with Crippen LogP contribution >= 0.6 is 23.3 Å². The van der Waals surface area contributed by atoms with Crippen molar-refractivity contribution in [1.29, 1.82) is 0 Å². The van der Waals surface area contributed by atoms with Gasteiger partial charge in [-0.05, 0) is 20.8 Å². The number of quaternary nitrogens is 1. The van der Waals surface area contributed by atoms with Crippen LogP contribution in [0.15, 0.2) is 13.5 Å². The monoisotopic (exact) mass is 331 g/mol. The lowest BCUT2D eigenvalue weighted by Gasteiger charge is -2.38. The van der Waals surface area contributed by atoms with Gasteiger partial charge >= 0.3 is 23.3 Å². The van der Waals surface area contributed by atoms with Gasteiger partial charge in [-0.1, -0.05) is 0 Å². The first-order chi connectivity index (χ1) is 8.05. The van der Waals surface area contributed by atoms with Gasteiger partial charge in [-0.2, -0.15) is 0 Å². The van der Waals surface area contributed by atoms with Crippen molar-refractivity contribution in [2.45, 2.75) is 20.8 Å². The summed E-state index contributed by atoms with van der Waals surface area (Å²) in [6.07, 6.45) is 0. The van der Waals surface area contributed by atoms with Gasteiger partial charge in [0.15, 0.2) is 0 Å². The molecule has 0 radical (unpaired) electrons. The number of rotatable bonds is 4. The van der Waals surface area contributed by atoms with Crippen LogP contribution in [0.4, 0.5) is 21.0 Å². The molecule has 0 amide bonds. The Balaban J connectivity index is 3.61.